The van der Waals surface area contributed by atoms with Crippen LogP contribution in [0.4, 0.5) is 0 Å². The first kappa shape index (κ1) is 15.4. The van der Waals surface area contributed by atoms with Gasteiger partial charge < -0.3 is 4.90 Å². The van der Waals surface area contributed by atoms with Gasteiger partial charge in [0.1, 0.15) is 6.33 Å². The van der Waals surface area contributed by atoms with Crippen molar-refractivity contribution in [1.82, 2.24) is 14.9 Å². The van der Waals surface area contributed by atoms with E-state index in [-0.39, 0.29) is 17.4 Å². The summed E-state index contributed by atoms with van der Waals surface area (Å²) in [6, 6.07) is 2.10. The summed E-state index contributed by atoms with van der Waals surface area (Å²) < 4.78 is 0. The van der Waals surface area contributed by atoms with Crippen molar-refractivity contribution in [2.75, 3.05) is 6.54 Å². The van der Waals surface area contributed by atoms with Gasteiger partial charge in [-0.2, -0.15) is 0 Å². The Kier molecular flexibility index (Phi) is 4.20. The maximum absolute atomic E-state index is 13.1. The van der Waals surface area contributed by atoms with Gasteiger partial charge in [-0.3, -0.25) is 4.79 Å². The minimum absolute atomic E-state index is 0.149. The third-order valence-electron chi connectivity index (χ3n) is 5.22. The van der Waals surface area contributed by atoms with Crippen LogP contribution in [-0.4, -0.2) is 27.3 Å². The molecule has 0 aromatic carbocycles. The van der Waals surface area contributed by atoms with E-state index in [1.165, 1.54) is 6.42 Å². The third-order valence-corrected chi connectivity index (χ3v) is 5.22. The van der Waals surface area contributed by atoms with Crippen molar-refractivity contribution in [3.05, 3.63) is 24.3 Å². The second-order valence-electron chi connectivity index (χ2n) is 7.93. The van der Waals surface area contributed by atoms with Crippen molar-refractivity contribution in [3.63, 3.8) is 0 Å². The van der Waals surface area contributed by atoms with Crippen LogP contribution in [0.2, 0.25) is 0 Å². The van der Waals surface area contributed by atoms with Gasteiger partial charge in [0.15, 0.2) is 0 Å². The van der Waals surface area contributed by atoms with Crippen molar-refractivity contribution in [2.24, 2.45) is 17.3 Å². The van der Waals surface area contributed by atoms with Gasteiger partial charge in [0.05, 0.1) is 11.7 Å². The molecule has 22 heavy (non-hydrogen) atoms. The zero-order valence-corrected chi connectivity index (χ0v) is 14.0. The molecule has 0 N–H and O–H groups in total. The predicted molar refractivity (Wildman–Crippen MR) is 86.0 cm³/mol. The van der Waals surface area contributed by atoms with Crippen LogP contribution in [0.5, 0.6) is 0 Å². The van der Waals surface area contributed by atoms with Crippen molar-refractivity contribution in [3.8, 4) is 0 Å². The fraction of sp³-hybridized carbons (Fsp3) is 0.722. The summed E-state index contributed by atoms with van der Waals surface area (Å²) in [4.78, 5) is 23.6. The fourth-order valence-corrected chi connectivity index (χ4v) is 4.60. The van der Waals surface area contributed by atoms with Crippen LogP contribution in [0.25, 0.3) is 0 Å². The van der Waals surface area contributed by atoms with Crippen LogP contribution >= 0.6 is 0 Å². The average molecular weight is 301 g/mol. The molecule has 3 atom stereocenters. The van der Waals surface area contributed by atoms with Gasteiger partial charge in [-0.05, 0) is 49.5 Å². The Morgan fingerprint density at radius 1 is 1.36 bits per heavy atom. The quantitative estimate of drug-likeness (QED) is 0.838. The molecule has 0 radical (unpaired) electrons. The van der Waals surface area contributed by atoms with Crippen molar-refractivity contribution < 1.29 is 4.79 Å². The summed E-state index contributed by atoms with van der Waals surface area (Å²) >= 11 is 0. The van der Waals surface area contributed by atoms with E-state index in [9.17, 15) is 4.79 Å². The summed E-state index contributed by atoms with van der Waals surface area (Å²) in [5, 5.41) is 0. The maximum atomic E-state index is 13.1. The summed E-state index contributed by atoms with van der Waals surface area (Å²) in [7, 11) is 0. The highest BCUT2D eigenvalue weighted by atomic mass is 16.2. The third kappa shape index (κ3) is 3.16. The minimum atomic E-state index is 0.149. The Labute approximate surface area is 133 Å². The lowest BCUT2D eigenvalue weighted by atomic mass is 9.67. The Morgan fingerprint density at radius 3 is 2.86 bits per heavy atom. The molecule has 1 saturated heterocycles. The molecule has 0 spiro atoms. The van der Waals surface area contributed by atoms with Gasteiger partial charge in [0.2, 0.25) is 5.91 Å². The lowest BCUT2D eigenvalue weighted by molar-refractivity contribution is -0.139. The number of hydrogen-bond donors (Lipinski definition) is 0. The number of carbonyl (C=O) groups excluding carboxylic acids is 1. The zero-order valence-electron chi connectivity index (χ0n) is 14.0. The van der Waals surface area contributed by atoms with Crippen LogP contribution in [-0.2, 0) is 4.79 Å². The van der Waals surface area contributed by atoms with Crippen molar-refractivity contribution in [1.29, 1.82) is 0 Å². The van der Waals surface area contributed by atoms with Gasteiger partial charge in [0, 0.05) is 18.7 Å². The molecule has 2 heterocycles. The highest BCUT2D eigenvalue weighted by molar-refractivity contribution is 5.79. The highest BCUT2D eigenvalue weighted by Crippen LogP contribution is 2.43. The predicted octanol–water partition coefficient (Wildman–Crippen LogP) is 3.60. The Morgan fingerprint density at radius 2 is 2.18 bits per heavy atom. The molecule has 1 amide bonds. The number of aromatic nitrogens is 2. The lowest BCUT2D eigenvalue weighted by Gasteiger charge is -2.40. The Hall–Kier alpha value is -1.45. The second-order valence-corrected chi connectivity index (χ2v) is 7.93. The molecule has 1 aliphatic heterocycles. The highest BCUT2D eigenvalue weighted by Gasteiger charge is 2.40. The molecule has 1 saturated carbocycles. The SMILES string of the molecule is CC1CC(C(=O)N2CCCC2c2ccncn2)CC(C)(C)C1. The van der Waals surface area contributed by atoms with E-state index in [1.54, 1.807) is 12.5 Å². The monoisotopic (exact) mass is 301 g/mol. The van der Waals surface area contributed by atoms with E-state index in [2.05, 4.69) is 35.6 Å². The summed E-state index contributed by atoms with van der Waals surface area (Å²) in [6.45, 7) is 7.76. The standard InChI is InChI=1S/C18H27N3O/c1-13-9-14(11-18(2,3)10-13)17(22)21-8-4-5-16(21)15-6-7-19-12-20-15/h6-7,12-14,16H,4-5,8-11H2,1-3H3. The van der Waals surface area contributed by atoms with Crippen LogP contribution in [0.15, 0.2) is 18.6 Å². The van der Waals surface area contributed by atoms with Crippen molar-refractivity contribution in [2.45, 2.75) is 58.9 Å². The number of nitrogens with zero attached hydrogens (tertiary/aromatic N) is 3. The minimum Gasteiger partial charge on any atom is -0.334 e. The first-order chi connectivity index (χ1) is 10.5. The molecule has 1 aromatic heterocycles. The number of rotatable bonds is 2. The number of carbonyl (C=O) groups is 1. The van der Waals surface area contributed by atoms with Crippen LogP contribution in [0, 0.1) is 17.3 Å². The molecule has 4 nitrogen and oxygen atoms in total. The van der Waals surface area contributed by atoms with Gasteiger partial charge >= 0.3 is 0 Å². The summed E-state index contributed by atoms with van der Waals surface area (Å²) in [6.07, 6.45) is 8.74. The number of hydrogen-bond acceptors (Lipinski definition) is 3. The van der Waals surface area contributed by atoms with Crippen LogP contribution in [0.3, 0.4) is 0 Å². The van der Waals surface area contributed by atoms with E-state index in [0.29, 0.717) is 11.8 Å². The smallest absolute Gasteiger partial charge is 0.226 e. The topological polar surface area (TPSA) is 46.1 Å². The second kappa shape index (κ2) is 5.98. The molecule has 120 valence electrons. The van der Waals surface area contributed by atoms with E-state index in [1.807, 2.05) is 6.07 Å². The van der Waals surface area contributed by atoms with Gasteiger partial charge in [-0.15, -0.1) is 0 Å². The van der Waals surface area contributed by atoms with Gasteiger partial charge in [-0.1, -0.05) is 20.8 Å². The maximum Gasteiger partial charge on any atom is 0.226 e. The molecule has 3 rings (SSSR count). The first-order valence-electron chi connectivity index (χ1n) is 8.53. The van der Waals surface area contributed by atoms with Crippen LogP contribution in [0.1, 0.15) is 64.6 Å². The average Bonchev–Trinajstić information content (AvgIpc) is 2.94. The van der Waals surface area contributed by atoms with E-state index >= 15 is 0 Å². The van der Waals surface area contributed by atoms with Gasteiger partial charge in [0.25, 0.3) is 0 Å². The van der Waals surface area contributed by atoms with E-state index < -0.39 is 0 Å². The van der Waals surface area contributed by atoms with E-state index in [4.69, 9.17) is 0 Å². The Bertz CT molecular complexity index is 528. The molecular formula is C18H27N3O. The number of likely N-dealkylation sites (tertiary alicyclic amines) is 1. The summed E-state index contributed by atoms with van der Waals surface area (Å²) in [5.74, 6) is 1.17. The molecule has 2 aliphatic rings. The first-order valence-corrected chi connectivity index (χ1v) is 8.53. The van der Waals surface area contributed by atoms with E-state index in [0.717, 1.165) is 37.9 Å². The summed E-state index contributed by atoms with van der Waals surface area (Å²) in [5.41, 5.74) is 1.27. The number of amides is 1. The Balaban J connectivity index is 1.76. The fourth-order valence-electron chi connectivity index (χ4n) is 4.60. The molecule has 3 unspecified atom stereocenters. The molecule has 2 fully saturated rings. The largest absolute Gasteiger partial charge is 0.334 e. The molecule has 0 bridgehead atoms. The van der Waals surface area contributed by atoms with Gasteiger partial charge in [-0.25, -0.2) is 9.97 Å². The van der Waals surface area contributed by atoms with Crippen molar-refractivity contribution >= 4 is 5.91 Å². The van der Waals surface area contributed by atoms with Crippen LogP contribution < -0.4 is 0 Å². The molecule has 1 aromatic rings. The normalized spacial score (nSPS) is 31.2. The molecule has 1 aliphatic carbocycles. The molecule has 4 heteroatoms. The zero-order chi connectivity index (χ0) is 15.7. The molecular weight excluding hydrogens is 274 g/mol. The lowest BCUT2D eigenvalue weighted by Crippen LogP contribution is -2.41.